The van der Waals surface area contributed by atoms with Crippen LogP contribution in [0.1, 0.15) is 24.2 Å². The van der Waals surface area contributed by atoms with Gasteiger partial charge in [-0.15, -0.1) is 24.8 Å². The molecular formula is C20H24Cl2IN3O. The van der Waals surface area contributed by atoms with E-state index in [1.54, 1.807) is 0 Å². The Labute approximate surface area is 186 Å². The average Bonchev–Trinajstić information content (AvgIpc) is 2.63. The van der Waals surface area contributed by atoms with Crippen LogP contribution >= 0.6 is 47.4 Å². The number of likely N-dealkylation sites (N-methyl/N-ethyl adjacent to an activating group) is 1. The van der Waals surface area contributed by atoms with Crippen molar-refractivity contribution in [2.75, 3.05) is 26.2 Å². The Morgan fingerprint density at radius 1 is 1.11 bits per heavy atom. The van der Waals surface area contributed by atoms with Crippen molar-refractivity contribution >= 4 is 75.1 Å². The molecular weight excluding hydrogens is 496 g/mol. The van der Waals surface area contributed by atoms with Crippen LogP contribution in [0.25, 0.3) is 21.8 Å². The van der Waals surface area contributed by atoms with Crippen molar-refractivity contribution in [1.29, 1.82) is 0 Å². The summed E-state index contributed by atoms with van der Waals surface area (Å²) in [6.07, 6.45) is 0. The lowest BCUT2D eigenvalue weighted by Gasteiger charge is -2.18. The third-order valence-electron chi connectivity index (χ3n) is 4.48. The number of aromatic nitrogens is 1. The molecule has 1 heterocycles. The van der Waals surface area contributed by atoms with E-state index in [4.69, 9.17) is 4.98 Å². The number of carbonyl (C=O) groups is 1. The minimum Gasteiger partial charge on any atom is -0.351 e. The quantitative estimate of drug-likeness (QED) is 0.372. The first-order valence-electron chi connectivity index (χ1n) is 8.62. The fourth-order valence-corrected chi connectivity index (χ4v) is 3.63. The molecule has 0 bridgehead atoms. The summed E-state index contributed by atoms with van der Waals surface area (Å²) in [5, 5.41) is 5.14. The summed E-state index contributed by atoms with van der Waals surface area (Å²) in [6.45, 7) is 7.75. The van der Waals surface area contributed by atoms with Gasteiger partial charge in [-0.2, -0.15) is 0 Å². The predicted molar refractivity (Wildman–Crippen MR) is 127 cm³/mol. The number of amides is 1. The highest BCUT2D eigenvalue weighted by Crippen LogP contribution is 2.25. The molecule has 1 N–H and O–H groups in total. The van der Waals surface area contributed by atoms with E-state index in [1.807, 2.05) is 30.3 Å². The number of nitrogens with zero attached hydrogens (tertiary/aromatic N) is 2. The standard InChI is InChI=1S/C20H22IN3O.2ClH/c1-3-24(4-2)12-11-22-20(25)15-8-5-7-14-13-16-17(21)9-6-10-18(16)23-19(14)15;;/h5-10,13H,3-4,11-12H2,1-2H3,(H,22,25);2*1H. The van der Waals surface area contributed by atoms with Gasteiger partial charge in [0.05, 0.1) is 16.6 Å². The maximum Gasteiger partial charge on any atom is 0.253 e. The molecule has 3 aromatic rings. The van der Waals surface area contributed by atoms with Crippen LogP contribution in [-0.4, -0.2) is 42.0 Å². The van der Waals surface area contributed by atoms with Crippen molar-refractivity contribution in [3.8, 4) is 0 Å². The molecule has 0 atom stereocenters. The van der Waals surface area contributed by atoms with Gasteiger partial charge in [-0.25, -0.2) is 4.98 Å². The van der Waals surface area contributed by atoms with E-state index in [0.29, 0.717) is 12.1 Å². The Bertz CT molecular complexity index is 916. The maximum absolute atomic E-state index is 12.6. The van der Waals surface area contributed by atoms with E-state index in [0.717, 1.165) is 41.4 Å². The van der Waals surface area contributed by atoms with E-state index in [-0.39, 0.29) is 30.7 Å². The Morgan fingerprint density at radius 2 is 1.81 bits per heavy atom. The minimum absolute atomic E-state index is 0. The highest BCUT2D eigenvalue weighted by molar-refractivity contribution is 14.1. The van der Waals surface area contributed by atoms with Crippen LogP contribution in [0.4, 0.5) is 0 Å². The number of carbonyl (C=O) groups excluding carboxylic acids is 1. The SMILES string of the molecule is CCN(CC)CCNC(=O)c1cccc2cc3c(I)cccc3nc12.Cl.Cl. The molecule has 4 nitrogen and oxygen atoms in total. The molecule has 0 radical (unpaired) electrons. The first-order chi connectivity index (χ1) is 12.1. The monoisotopic (exact) mass is 519 g/mol. The molecule has 3 rings (SSSR count). The molecule has 27 heavy (non-hydrogen) atoms. The molecule has 0 fully saturated rings. The van der Waals surface area contributed by atoms with E-state index in [1.165, 1.54) is 3.57 Å². The zero-order chi connectivity index (χ0) is 17.8. The third-order valence-corrected chi connectivity index (χ3v) is 5.42. The number of pyridine rings is 1. The van der Waals surface area contributed by atoms with E-state index < -0.39 is 0 Å². The normalized spacial score (nSPS) is 10.5. The van der Waals surface area contributed by atoms with Gasteiger partial charge < -0.3 is 10.2 Å². The van der Waals surface area contributed by atoms with Crippen LogP contribution < -0.4 is 5.32 Å². The van der Waals surface area contributed by atoms with Gasteiger partial charge in [-0.05, 0) is 59.9 Å². The molecule has 0 saturated heterocycles. The summed E-state index contributed by atoms with van der Waals surface area (Å²) in [4.78, 5) is 19.7. The molecule has 7 heteroatoms. The molecule has 0 aliphatic heterocycles. The Balaban J connectivity index is 0.00000182. The van der Waals surface area contributed by atoms with Gasteiger partial charge >= 0.3 is 0 Å². The van der Waals surface area contributed by atoms with Crippen molar-refractivity contribution in [3.05, 3.63) is 51.6 Å². The van der Waals surface area contributed by atoms with Crippen LogP contribution in [0.2, 0.25) is 0 Å². The summed E-state index contributed by atoms with van der Waals surface area (Å²) in [7, 11) is 0. The molecule has 0 spiro atoms. The number of benzene rings is 2. The van der Waals surface area contributed by atoms with Gasteiger partial charge in [-0.3, -0.25) is 4.79 Å². The summed E-state index contributed by atoms with van der Waals surface area (Å²) < 4.78 is 1.17. The van der Waals surface area contributed by atoms with E-state index in [9.17, 15) is 4.79 Å². The van der Waals surface area contributed by atoms with E-state index >= 15 is 0 Å². The van der Waals surface area contributed by atoms with Crippen molar-refractivity contribution in [2.45, 2.75) is 13.8 Å². The summed E-state index contributed by atoms with van der Waals surface area (Å²) in [5.74, 6) is -0.0600. The van der Waals surface area contributed by atoms with Gasteiger partial charge in [0.1, 0.15) is 0 Å². The first kappa shape index (κ1) is 23.9. The fourth-order valence-electron chi connectivity index (χ4n) is 2.99. The topological polar surface area (TPSA) is 45.2 Å². The summed E-state index contributed by atoms with van der Waals surface area (Å²) in [6, 6.07) is 14.0. The maximum atomic E-state index is 12.6. The zero-order valence-corrected chi connectivity index (χ0v) is 19.2. The summed E-state index contributed by atoms with van der Waals surface area (Å²) in [5.41, 5.74) is 2.32. The molecule has 0 unspecified atom stereocenters. The second-order valence-corrected chi connectivity index (χ2v) is 7.12. The molecule has 0 aliphatic rings. The van der Waals surface area contributed by atoms with Crippen LogP contribution in [0.5, 0.6) is 0 Å². The number of nitrogens with one attached hydrogen (secondary N) is 1. The largest absolute Gasteiger partial charge is 0.351 e. The number of rotatable bonds is 6. The molecule has 0 aliphatic carbocycles. The Hall–Kier alpha value is -1.15. The lowest BCUT2D eigenvalue weighted by atomic mass is 10.1. The van der Waals surface area contributed by atoms with Crippen LogP contribution in [0.15, 0.2) is 42.5 Å². The van der Waals surface area contributed by atoms with Crippen molar-refractivity contribution < 1.29 is 4.79 Å². The zero-order valence-electron chi connectivity index (χ0n) is 15.4. The second kappa shape index (κ2) is 11.0. The number of hydrogen-bond donors (Lipinski definition) is 1. The summed E-state index contributed by atoms with van der Waals surface area (Å²) >= 11 is 2.32. The van der Waals surface area contributed by atoms with Gasteiger partial charge in [0.2, 0.25) is 0 Å². The first-order valence-corrected chi connectivity index (χ1v) is 9.70. The molecule has 0 saturated carbocycles. The average molecular weight is 520 g/mol. The molecule has 146 valence electrons. The lowest BCUT2D eigenvalue weighted by Crippen LogP contribution is -2.34. The number of halogens is 3. The van der Waals surface area contributed by atoms with Crippen LogP contribution in [0.3, 0.4) is 0 Å². The van der Waals surface area contributed by atoms with E-state index in [2.05, 4.69) is 58.8 Å². The Kier molecular flexibility index (Phi) is 9.73. The molecule has 1 amide bonds. The smallest absolute Gasteiger partial charge is 0.253 e. The van der Waals surface area contributed by atoms with Gasteiger partial charge in [0, 0.05) is 27.4 Å². The van der Waals surface area contributed by atoms with Crippen molar-refractivity contribution in [2.24, 2.45) is 0 Å². The van der Waals surface area contributed by atoms with Gasteiger partial charge in [0.25, 0.3) is 5.91 Å². The number of fused-ring (bicyclic) bond motifs is 2. The molecule has 2 aromatic carbocycles. The lowest BCUT2D eigenvalue weighted by molar-refractivity contribution is 0.0950. The number of hydrogen-bond acceptors (Lipinski definition) is 3. The molecule has 1 aromatic heterocycles. The Morgan fingerprint density at radius 3 is 2.52 bits per heavy atom. The van der Waals surface area contributed by atoms with Crippen LogP contribution in [0, 0.1) is 3.57 Å². The minimum atomic E-state index is -0.0600. The fraction of sp³-hybridized carbons (Fsp3) is 0.300. The van der Waals surface area contributed by atoms with Crippen LogP contribution in [-0.2, 0) is 0 Å². The highest BCUT2D eigenvalue weighted by Gasteiger charge is 2.12. The van der Waals surface area contributed by atoms with Crippen molar-refractivity contribution in [3.63, 3.8) is 0 Å². The predicted octanol–water partition coefficient (Wildman–Crippen LogP) is 4.91. The van der Waals surface area contributed by atoms with Gasteiger partial charge in [-0.1, -0.05) is 32.0 Å². The highest BCUT2D eigenvalue weighted by atomic mass is 127. The second-order valence-electron chi connectivity index (χ2n) is 5.95. The number of para-hydroxylation sites is 1. The van der Waals surface area contributed by atoms with Crippen molar-refractivity contribution in [1.82, 2.24) is 15.2 Å². The third kappa shape index (κ3) is 5.44. The van der Waals surface area contributed by atoms with Gasteiger partial charge in [0.15, 0.2) is 0 Å².